The molecule has 1 heterocycles. The number of carbonyl (C=O) groups is 3. The van der Waals surface area contributed by atoms with Crippen LogP contribution in [0.3, 0.4) is 0 Å². The summed E-state index contributed by atoms with van der Waals surface area (Å²) in [6.07, 6.45) is 0. The van der Waals surface area contributed by atoms with Crippen molar-refractivity contribution in [3.63, 3.8) is 0 Å². The Balaban J connectivity index is 2.00. The zero-order valence-electron chi connectivity index (χ0n) is 11.0. The predicted molar refractivity (Wildman–Crippen MR) is 75.7 cm³/mol. The van der Waals surface area contributed by atoms with Gasteiger partial charge in [0, 0.05) is 5.69 Å². The van der Waals surface area contributed by atoms with E-state index in [1.54, 1.807) is 38.3 Å². The number of amides is 3. The molecule has 1 aromatic carbocycles. The first kappa shape index (κ1) is 14.4. The van der Waals surface area contributed by atoms with E-state index in [1.165, 1.54) is 0 Å². The van der Waals surface area contributed by atoms with Gasteiger partial charge in [0.2, 0.25) is 11.8 Å². The minimum Gasteiger partial charge on any atom is -0.497 e. The zero-order valence-corrected chi connectivity index (χ0v) is 11.8. The first-order valence-corrected chi connectivity index (χ1v) is 6.85. The lowest BCUT2D eigenvalue weighted by atomic mass is 10.1. The van der Waals surface area contributed by atoms with Gasteiger partial charge in [0.05, 0.1) is 13.0 Å². The second-order valence-electron chi connectivity index (χ2n) is 4.32. The number of benzene rings is 1. The fourth-order valence-corrected chi connectivity index (χ4v) is 2.65. The van der Waals surface area contributed by atoms with Crippen LogP contribution in [-0.4, -0.2) is 29.4 Å². The normalized spacial score (nSPS) is 19.4. The molecule has 2 rings (SSSR count). The van der Waals surface area contributed by atoms with Crippen LogP contribution in [0.4, 0.5) is 10.5 Å². The second kappa shape index (κ2) is 5.96. The third kappa shape index (κ3) is 3.11. The number of hydrogen-bond donors (Lipinski definition) is 2. The molecule has 0 bridgehead atoms. The van der Waals surface area contributed by atoms with E-state index < -0.39 is 22.3 Å². The molecule has 0 aromatic heterocycles. The minimum atomic E-state index is -0.680. The van der Waals surface area contributed by atoms with Crippen molar-refractivity contribution in [2.24, 2.45) is 5.92 Å². The lowest BCUT2D eigenvalue weighted by Gasteiger charge is -2.15. The summed E-state index contributed by atoms with van der Waals surface area (Å²) < 4.78 is 5.02. The lowest BCUT2D eigenvalue weighted by molar-refractivity contribution is -0.125. The number of imide groups is 1. The summed E-state index contributed by atoms with van der Waals surface area (Å²) in [5.41, 5.74) is 0.609. The summed E-state index contributed by atoms with van der Waals surface area (Å²) in [5, 5.41) is 3.78. The van der Waals surface area contributed by atoms with Gasteiger partial charge in [-0.2, -0.15) is 0 Å². The molecule has 6 nitrogen and oxygen atoms in total. The van der Waals surface area contributed by atoms with Crippen LogP contribution in [0, 0.1) is 5.92 Å². The number of nitrogens with one attached hydrogen (secondary N) is 2. The van der Waals surface area contributed by atoms with Crippen LogP contribution in [0.25, 0.3) is 0 Å². The fraction of sp³-hybridized carbons (Fsp3) is 0.308. The lowest BCUT2D eigenvalue weighted by Crippen LogP contribution is -2.35. The zero-order chi connectivity index (χ0) is 14.7. The van der Waals surface area contributed by atoms with Crippen LogP contribution in [0.15, 0.2) is 24.3 Å². The Morgan fingerprint density at radius 1 is 1.35 bits per heavy atom. The molecule has 106 valence electrons. The Kier molecular flexibility index (Phi) is 4.29. The van der Waals surface area contributed by atoms with E-state index in [-0.39, 0.29) is 5.91 Å². The number of thioether (sulfide) groups is 1. The van der Waals surface area contributed by atoms with Crippen LogP contribution >= 0.6 is 11.8 Å². The Hall–Kier alpha value is -2.02. The van der Waals surface area contributed by atoms with E-state index in [9.17, 15) is 14.4 Å². The van der Waals surface area contributed by atoms with Crippen LogP contribution in [-0.2, 0) is 9.59 Å². The van der Waals surface area contributed by atoms with Gasteiger partial charge in [-0.1, -0.05) is 18.7 Å². The average Bonchev–Trinajstić information content (AvgIpc) is 2.77. The van der Waals surface area contributed by atoms with Crippen LogP contribution in [0.2, 0.25) is 0 Å². The van der Waals surface area contributed by atoms with Crippen LogP contribution in [0.5, 0.6) is 5.75 Å². The van der Waals surface area contributed by atoms with E-state index in [0.717, 1.165) is 11.8 Å². The van der Waals surface area contributed by atoms with Crippen molar-refractivity contribution in [2.75, 3.05) is 12.4 Å². The van der Waals surface area contributed by atoms with Gasteiger partial charge in [-0.15, -0.1) is 0 Å². The van der Waals surface area contributed by atoms with E-state index in [1.807, 2.05) is 0 Å². The van der Waals surface area contributed by atoms with E-state index >= 15 is 0 Å². The largest absolute Gasteiger partial charge is 0.497 e. The van der Waals surface area contributed by atoms with Crippen LogP contribution < -0.4 is 15.4 Å². The highest BCUT2D eigenvalue weighted by Crippen LogP contribution is 2.27. The molecule has 0 unspecified atom stereocenters. The number of hydrogen-bond acceptors (Lipinski definition) is 5. The molecule has 2 N–H and O–H groups in total. The first-order valence-electron chi connectivity index (χ1n) is 5.97. The quantitative estimate of drug-likeness (QED) is 0.881. The van der Waals surface area contributed by atoms with Crippen molar-refractivity contribution >= 4 is 34.5 Å². The SMILES string of the molecule is COc1ccc(NC(=O)[C@@H](C)[C@H]2SC(=O)NC2=O)cc1. The molecule has 7 heteroatoms. The molecule has 20 heavy (non-hydrogen) atoms. The first-order chi connectivity index (χ1) is 9.51. The molecule has 0 saturated carbocycles. The fourth-order valence-electron chi connectivity index (χ4n) is 1.77. The van der Waals surface area contributed by atoms with Crippen molar-refractivity contribution in [1.82, 2.24) is 5.32 Å². The molecule has 1 aliphatic heterocycles. The van der Waals surface area contributed by atoms with Gasteiger partial charge in [-0.05, 0) is 24.3 Å². The smallest absolute Gasteiger partial charge is 0.286 e. The van der Waals surface area contributed by atoms with Gasteiger partial charge in [-0.3, -0.25) is 19.7 Å². The molecule has 1 aromatic rings. The van der Waals surface area contributed by atoms with Gasteiger partial charge in [0.15, 0.2) is 0 Å². The van der Waals surface area contributed by atoms with E-state index in [0.29, 0.717) is 11.4 Å². The molecule has 3 amide bonds. The summed E-state index contributed by atoms with van der Waals surface area (Å²) >= 11 is 0.846. The Bertz CT molecular complexity index is 544. The Morgan fingerprint density at radius 2 is 2.00 bits per heavy atom. The minimum absolute atomic E-state index is 0.308. The third-order valence-electron chi connectivity index (χ3n) is 2.94. The predicted octanol–water partition coefficient (Wildman–Crippen LogP) is 1.62. The number of carbonyl (C=O) groups excluding carboxylic acids is 3. The molecule has 1 saturated heterocycles. The van der Waals surface area contributed by atoms with Gasteiger partial charge in [0.1, 0.15) is 11.0 Å². The maximum Gasteiger partial charge on any atom is 0.286 e. The number of methoxy groups -OCH3 is 1. The standard InChI is InChI=1S/C13H14N2O4S/c1-7(10-12(17)15-13(18)20-10)11(16)14-8-3-5-9(19-2)6-4-8/h3-7,10H,1-2H3,(H,14,16)(H,15,17,18)/t7-,10+/m0/s1. The number of ether oxygens (including phenoxy) is 1. The Labute approximate surface area is 120 Å². The van der Waals surface area contributed by atoms with Crippen molar-refractivity contribution in [3.05, 3.63) is 24.3 Å². The monoisotopic (exact) mass is 294 g/mol. The highest BCUT2D eigenvalue weighted by atomic mass is 32.2. The van der Waals surface area contributed by atoms with Crippen molar-refractivity contribution in [2.45, 2.75) is 12.2 Å². The summed E-state index contributed by atoms with van der Waals surface area (Å²) in [5.74, 6) is -0.643. The Morgan fingerprint density at radius 3 is 2.50 bits per heavy atom. The van der Waals surface area contributed by atoms with Crippen molar-refractivity contribution < 1.29 is 19.1 Å². The summed E-state index contributed by atoms with van der Waals surface area (Å²) in [4.78, 5) is 34.7. The van der Waals surface area contributed by atoms with Gasteiger partial charge in [0.25, 0.3) is 5.24 Å². The van der Waals surface area contributed by atoms with E-state index in [2.05, 4.69) is 10.6 Å². The second-order valence-corrected chi connectivity index (χ2v) is 5.44. The summed E-state index contributed by atoms with van der Waals surface area (Å²) in [6.45, 7) is 1.62. The highest BCUT2D eigenvalue weighted by Gasteiger charge is 2.38. The van der Waals surface area contributed by atoms with Gasteiger partial charge >= 0.3 is 0 Å². The van der Waals surface area contributed by atoms with E-state index in [4.69, 9.17) is 4.74 Å². The molecule has 1 aliphatic rings. The average molecular weight is 294 g/mol. The maximum atomic E-state index is 12.1. The third-order valence-corrected chi connectivity index (χ3v) is 4.14. The summed E-state index contributed by atoms with van der Waals surface area (Å²) in [7, 11) is 1.56. The molecular formula is C13H14N2O4S. The van der Waals surface area contributed by atoms with Crippen LogP contribution in [0.1, 0.15) is 6.92 Å². The van der Waals surface area contributed by atoms with Crippen molar-refractivity contribution in [3.8, 4) is 5.75 Å². The number of rotatable bonds is 4. The molecule has 0 aliphatic carbocycles. The van der Waals surface area contributed by atoms with Crippen molar-refractivity contribution in [1.29, 1.82) is 0 Å². The summed E-state index contributed by atoms with van der Waals surface area (Å²) in [6, 6.07) is 6.86. The highest BCUT2D eigenvalue weighted by molar-refractivity contribution is 8.15. The van der Waals surface area contributed by atoms with Gasteiger partial charge in [-0.25, -0.2) is 0 Å². The molecule has 1 fully saturated rings. The number of anilines is 1. The molecular weight excluding hydrogens is 280 g/mol. The molecule has 2 atom stereocenters. The maximum absolute atomic E-state index is 12.1. The van der Waals surface area contributed by atoms with Gasteiger partial charge < -0.3 is 10.1 Å². The topological polar surface area (TPSA) is 84.5 Å². The molecule has 0 spiro atoms. The molecule has 0 radical (unpaired) electrons.